The lowest BCUT2D eigenvalue weighted by molar-refractivity contribution is 0.0736. The van der Waals surface area contributed by atoms with Gasteiger partial charge in [0.1, 0.15) is 0 Å². The van der Waals surface area contributed by atoms with Crippen LogP contribution in [0.5, 0.6) is 0 Å². The van der Waals surface area contributed by atoms with Crippen molar-refractivity contribution < 1.29 is 4.79 Å². The van der Waals surface area contributed by atoms with Gasteiger partial charge in [-0.05, 0) is 45.1 Å². The van der Waals surface area contributed by atoms with Gasteiger partial charge in [0.15, 0.2) is 0 Å². The number of hydrogen-bond acceptors (Lipinski definition) is 3. The second kappa shape index (κ2) is 6.92. The molecule has 1 fully saturated rings. The van der Waals surface area contributed by atoms with Crippen LogP contribution in [-0.2, 0) is 0 Å². The third-order valence-electron chi connectivity index (χ3n) is 3.83. The molecule has 1 aromatic heterocycles. The largest absolute Gasteiger partial charge is 0.385 e. The molecule has 0 radical (unpaired) electrons. The van der Waals surface area contributed by atoms with E-state index in [9.17, 15) is 4.79 Å². The Hall–Kier alpha value is -1.58. The van der Waals surface area contributed by atoms with Gasteiger partial charge in [0.05, 0.1) is 11.3 Å². The monoisotopic (exact) mass is 289 g/mol. The topological polar surface area (TPSA) is 45.2 Å². The van der Waals surface area contributed by atoms with E-state index in [0.717, 1.165) is 43.7 Å². The average molecular weight is 289 g/mol. The fourth-order valence-electron chi connectivity index (χ4n) is 2.46. The lowest BCUT2D eigenvalue weighted by Gasteiger charge is -2.24. The smallest absolute Gasteiger partial charge is 0.257 e. The van der Waals surface area contributed by atoms with Crippen molar-refractivity contribution in [1.29, 1.82) is 0 Å². The molecule has 4 nitrogen and oxygen atoms in total. The van der Waals surface area contributed by atoms with Crippen LogP contribution in [-0.4, -0.2) is 34.9 Å². The second-order valence-electron chi connectivity index (χ2n) is 6.31. The van der Waals surface area contributed by atoms with Crippen molar-refractivity contribution in [3.63, 3.8) is 0 Å². The van der Waals surface area contributed by atoms with Crippen molar-refractivity contribution in [2.75, 3.05) is 18.4 Å². The predicted octanol–water partition coefficient (Wildman–Crippen LogP) is 3.47. The maximum Gasteiger partial charge on any atom is 0.257 e. The molecule has 4 heteroatoms. The SMILES string of the molecule is CCNc1cc(C)ncc1C(=O)N(CCC(C)C)C1CC1. The van der Waals surface area contributed by atoms with Gasteiger partial charge in [0, 0.05) is 31.0 Å². The lowest BCUT2D eigenvalue weighted by Crippen LogP contribution is -2.35. The van der Waals surface area contributed by atoms with Gasteiger partial charge in [-0.3, -0.25) is 9.78 Å². The van der Waals surface area contributed by atoms with E-state index in [2.05, 4.69) is 24.1 Å². The van der Waals surface area contributed by atoms with E-state index >= 15 is 0 Å². The summed E-state index contributed by atoms with van der Waals surface area (Å²) in [5.41, 5.74) is 2.55. The van der Waals surface area contributed by atoms with E-state index in [1.165, 1.54) is 0 Å². The van der Waals surface area contributed by atoms with Gasteiger partial charge in [-0.2, -0.15) is 0 Å². The minimum atomic E-state index is 0.126. The van der Waals surface area contributed by atoms with E-state index in [0.29, 0.717) is 17.5 Å². The Morgan fingerprint density at radius 2 is 2.19 bits per heavy atom. The van der Waals surface area contributed by atoms with Crippen LogP contribution in [0.4, 0.5) is 5.69 Å². The average Bonchev–Trinajstić information content (AvgIpc) is 3.23. The molecule has 1 heterocycles. The molecule has 1 aromatic rings. The molecule has 0 aromatic carbocycles. The summed E-state index contributed by atoms with van der Waals surface area (Å²) < 4.78 is 0. The fourth-order valence-corrected chi connectivity index (χ4v) is 2.46. The highest BCUT2D eigenvalue weighted by Gasteiger charge is 2.33. The van der Waals surface area contributed by atoms with Gasteiger partial charge < -0.3 is 10.2 Å². The van der Waals surface area contributed by atoms with Crippen molar-refractivity contribution in [1.82, 2.24) is 9.88 Å². The third kappa shape index (κ3) is 4.19. The van der Waals surface area contributed by atoms with Crippen LogP contribution in [0.15, 0.2) is 12.3 Å². The summed E-state index contributed by atoms with van der Waals surface area (Å²) in [4.78, 5) is 19.3. The summed E-state index contributed by atoms with van der Waals surface area (Å²) in [5.74, 6) is 0.741. The number of pyridine rings is 1. The molecule has 0 saturated heterocycles. The molecule has 116 valence electrons. The number of anilines is 1. The molecule has 2 rings (SSSR count). The lowest BCUT2D eigenvalue weighted by atomic mass is 10.1. The standard InChI is InChI=1S/C17H27N3O/c1-5-18-16-10-13(4)19-11-15(16)17(21)20(14-6-7-14)9-8-12(2)3/h10-12,14H,5-9H2,1-4H3,(H,18,19). The summed E-state index contributed by atoms with van der Waals surface area (Å²) in [5, 5.41) is 3.29. The maximum absolute atomic E-state index is 12.9. The minimum Gasteiger partial charge on any atom is -0.385 e. The summed E-state index contributed by atoms with van der Waals surface area (Å²) in [6.07, 6.45) is 5.05. The number of rotatable bonds is 7. The summed E-state index contributed by atoms with van der Waals surface area (Å²) in [6.45, 7) is 10.0. The Kier molecular flexibility index (Phi) is 5.21. The second-order valence-corrected chi connectivity index (χ2v) is 6.31. The number of carbonyl (C=O) groups excluding carboxylic acids is 1. The van der Waals surface area contributed by atoms with E-state index in [4.69, 9.17) is 0 Å². The Morgan fingerprint density at radius 1 is 1.48 bits per heavy atom. The number of nitrogens with one attached hydrogen (secondary N) is 1. The predicted molar refractivity (Wildman–Crippen MR) is 86.7 cm³/mol. The molecule has 1 N–H and O–H groups in total. The zero-order valence-electron chi connectivity index (χ0n) is 13.6. The first-order valence-electron chi connectivity index (χ1n) is 8.04. The summed E-state index contributed by atoms with van der Waals surface area (Å²) in [6, 6.07) is 2.40. The van der Waals surface area contributed by atoms with Crippen molar-refractivity contribution >= 4 is 11.6 Å². The molecule has 1 saturated carbocycles. The van der Waals surface area contributed by atoms with Crippen LogP contribution in [0.2, 0.25) is 0 Å². The van der Waals surface area contributed by atoms with Crippen LogP contribution in [0, 0.1) is 12.8 Å². The van der Waals surface area contributed by atoms with Crippen molar-refractivity contribution in [3.05, 3.63) is 23.5 Å². The Balaban J connectivity index is 2.19. The number of aromatic nitrogens is 1. The first kappa shape index (κ1) is 15.8. The molecule has 1 amide bonds. The first-order chi connectivity index (χ1) is 10.0. The highest BCUT2D eigenvalue weighted by Crippen LogP contribution is 2.30. The Bertz CT molecular complexity index is 495. The van der Waals surface area contributed by atoms with Gasteiger partial charge in [0.2, 0.25) is 0 Å². The molecule has 1 aliphatic carbocycles. The molecular weight excluding hydrogens is 262 g/mol. The van der Waals surface area contributed by atoms with Gasteiger partial charge >= 0.3 is 0 Å². The Labute approximate surface area is 127 Å². The normalized spacial score (nSPS) is 14.3. The number of nitrogens with zero attached hydrogens (tertiary/aromatic N) is 2. The van der Waals surface area contributed by atoms with Crippen LogP contribution < -0.4 is 5.32 Å². The van der Waals surface area contributed by atoms with Crippen LogP contribution in [0.3, 0.4) is 0 Å². The zero-order valence-corrected chi connectivity index (χ0v) is 13.6. The van der Waals surface area contributed by atoms with E-state index in [1.807, 2.05) is 24.8 Å². The molecule has 0 unspecified atom stereocenters. The van der Waals surface area contributed by atoms with E-state index in [1.54, 1.807) is 6.20 Å². The fraction of sp³-hybridized carbons (Fsp3) is 0.647. The maximum atomic E-state index is 12.9. The minimum absolute atomic E-state index is 0.126. The van der Waals surface area contributed by atoms with Crippen molar-refractivity contribution in [3.8, 4) is 0 Å². The molecule has 1 aliphatic rings. The number of hydrogen-bond donors (Lipinski definition) is 1. The quantitative estimate of drug-likeness (QED) is 0.836. The third-order valence-corrected chi connectivity index (χ3v) is 3.83. The Morgan fingerprint density at radius 3 is 2.76 bits per heavy atom. The van der Waals surface area contributed by atoms with Gasteiger partial charge in [0.25, 0.3) is 5.91 Å². The molecule has 0 spiro atoms. The summed E-state index contributed by atoms with van der Waals surface area (Å²) in [7, 11) is 0. The zero-order chi connectivity index (χ0) is 15.4. The summed E-state index contributed by atoms with van der Waals surface area (Å²) >= 11 is 0. The first-order valence-corrected chi connectivity index (χ1v) is 8.04. The van der Waals surface area contributed by atoms with Gasteiger partial charge in [-0.15, -0.1) is 0 Å². The highest BCUT2D eigenvalue weighted by atomic mass is 16.2. The number of carbonyl (C=O) groups is 1. The van der Waals surface area contributed by atoms with E-state index < -0.39 is 0 Å². The van der Waals surface area contributed by atoms with Crippen LogP contribution in [0.1, 0.15) is 56.1 Å². The number of aryl methyl sites for hydroxylation is 1. The van der Waals surface area contributed by atoms with Gasteiger partial charge in [-0.1, -0.05) is 13.8 Å². The number of amides is 1. The van der Waals surface area contributed by atoms with Gasteiger partial charge in [-0.25, -0.2) is 0 Å². The molecule has 0 atom stereocenters. The molecular formula is C17H27N3O. The molecule has 0 bridgehead atoms. The van der Waals surface area contributed by atoms with Crippen LogP contribution >= 0.6 is 0 Å². The van der Waals surface area contributed by atoms with Crippen molar-refractivity contribution in [2.45, 2.75) is 53.0 Å². The van der Waals surface area contributed by atoms with Crippen LogP contribution in [0.25, 0.3) is 0 Å². The molecule has 0 aliphatic heterocycles. The molecule has 21 heavy (non-hydrogen) atoms. The highest BCUT2D eigenvalue weighted by molar-refractivity contribution is 5.99. The van der Waals surface area contributed by atoms with E-state index in [-0.39, 0.29) is 5.91 Å². The van der Waals surface area contributed by atoms with Crippen molar-refractivity contribution in [2.24, 2.45) is 5.92 Å².